The lowest BCUT2D eigenvalue weighted by Gasteiger charge is -2.22. The first-order valence-corrected chi connectivity index (χ1v) is 6.46. The minimum absolute atomic E-state index is 0.163. The monoisotopic (exact) mass is 227 g/mol. The van der Waals surface area contributed by atoms with Crippen molar-refractivity contribution in [2.45, 2.75) is 39.0 Å². The largest absolute Gasteiger partial charge is 0.385 e. The third-order valence-corrected chi connectivity index (χ3v) is 3.50. The van der Waals surface area contributed by atoms with Gasteiger partial charge < -0.3 is 10.1 Å². The zero-order valence-corrected chi connectivity index (χ0v) is 10.6. The van der Waals surface area contributed by atoms with E-state index in [1.807, 2.05) is 6.92 Å². The van der Waals surface area contributed by atoms with Crippen LogP contribution in [0.25, 0.3) is 0 Å². The predicted octanol–water partition coefficient (Wildman–Crippen LogP) is 2.01. The molecule has 0 aromatic heterocycles. The Kier molecular flexibility index (Phi) is 6.65. The van der Waals surface area contributed by atoms with Gasteiger partial charge in [-0.2, -0.15) is 0 Å². The first-order valence-electron chi connectivity index (χ1n) is 6.46. The van der Waals surface area contributed by atoms with Gasteiger partial charge in [-0.15, -0.1) is 0 Å². The SMILES string of the molecule is COCCC(C)C(=O)CCC1CCCNC1. The number of rotatable bonds is 7. The molecule has 94 valence electrons. The van der Waals surface area contributed by atoms with Gasteiger partial charge >= 0.3 is 0 Å². The summed E-state index contributed by atoms with van der Waals surface area (Å²) in [4.78, 5) is 11.8. The van der Waals surface area contributed by atoms with E-state index in [0.717, 1.165) is 32.4 Å². The van der Waals surface area contributed by atoms with Crippen LogP contribution in [0, 0.1) is 11.8 Å². The van der Waals surface area contributed by atoms with Crippen molar-refractivity contribution in [3.8, 4) is 0 Å². The molecule has 2 unspecified atom stereocenters. The fraction of sp³-hybridized carbons (Fsp3) is 0.923. The van der Waals surface area contributed by atoms with Gasteiger partial charge in [0.15, 0.2) is 0 Å². The van der Waals surface area contributed by atoms with Gasteiger partial charge in [-0.1, -0.05) is 6.92 Å². The quantitative estimate of drug-likeness (QED) is 0.723. The molecule has 1 fully saturated rings. The number of hydrogen-bond donors (Lipinski definition) is 1. The number of Topliss-reactive ketones (excluding diaryl/α,β-unsaturated/α-hetero) is 1. The summed E-state index contributed by atoms with van der Waals surface area (Å²) in [6, 6.07) is 0. The summed E-state index contributed by atoms with van der Waals surface area (Å²) in [6.07, 6.45) is 5.21. The predicted molar refractivity (Wildman–Crippen MR) is 65.5 cm³/mol. The summed E-state index contributed by atoms with van der Waals surface area (Å²) in [7, 11) is 1.69. The molecule has 1 aliphatic heterocycles. The highest BCUT2D eigenvalue weighted by atomic mass is 16.5. The third kappa shape index (κ3) is 5.08. The number of carbonyl (C=O) groups is 1. The first kappa shape index (κ1) is 13.7. The molecular weight excluding hydrogens is 202 g/mol. The van der Waals surface area contributed by atoms with E-state index in [1.165, 1.54) is 12.8 Å². The van der Waals surface area contributed by atoms with E-state index >= 15 is 0 Å². The van der Waals surface area contributed by atoms with E-state index in [0.29, 0.717) is 18.3 Å². The molecule has 0 bridgehead atoms. The average molecular weight is 227 g/mol. The maximum Gasteiger partial charge on any atom is 0.135 e. The fourth-order valence-corrected chi connectivity index (χ4v) is 2.22. The van der Waals surface area contributed by atoms with Crippen LogP contribution < -0.4 is 5.32 Å². The second-order valence-electron chi connectivity index (χ2n) is 4.90. The molecule has 16 heavy (non-hydrogen) atoms. The van der Waals surface area contributed by atoms with Crippen LogP contribution in [0.2, 0.25) is 0 Å². The number of carbonyl (C=O) groups excluding carboxylic acids is 1. The zero-order chi connectivity index (χ0) is 11.8. The van der Waals surface area contributed by atoms with Crippen LogP contribution in [0.4, 0.5) is 0 Å². The number of ketones is 1. The molecule has 0 saturated carbocycles. The van der Waals surface area contributed by atoms with E-state index in [1.54, 1.807) is 7.11 Å². The lowest BCUT2D eigenvalue weighted by Crippen LogP contribution is -2.30. The molecule has 2 atom stereocenters. The van der Waals surface area contributed by atoms with Gasteiger partial charge in [0.25, 0.3) is 0 Å². The Hall–Kier alpha value is -0.410. The summed E-state index contributed by atoms with van der Waals surface area (Å²) < 4.78 is 4.99. The van der Waals surface area contributed by atoms with Crippen LogP contribution in [0.5, 0.6) is 0 Å². The molecule has 0 aromatic rings. The van der Waals surface area contributed by atoms with Crippen molar-refractivity contribution in [3.63, 3.8) is 0 Å². The van der Waals surface area contributed by atoms with Gasteiger partial charge in [-0.25, -0.2) is 0 Å². The molecular formula is C13H25NO2. The lowest BCUT2D eigenvalue weighted by molar-refractivity contribution is -0.123. The molecule has 1 aliphatic rings. The molecule has 0 aromatic carbocycles. The van der Waals surface area contributed by atoms with Crippen LogP contribution >= 0.6 is 0 Å². The number of piperidine rings is 1. The number of methoxy groups -OCH3 is 1. The topological polar surface area (TPSA) is 38.3 Å². The Morgan fingerprint density at radius 1 is 1.56 bits per heavy atom. The fourth-order valence-electron chi connectivity index (χ4n) is 2.22. The molecule has 0 aliphatic carbocycles. The average Bonchev–Trinajstić information content (AvgIpc) is 2.34. The van der Waals surface area contributed by atoms with Gasteiger partial charge in [-0.3, -0.25) is 4.79 Å². The molecule has 1 N–H and O–H groups in total. The molecule has 0 radical (unpaired) electrons. The van der Waals surface area contributed by atoms with Gasteiger partial charge in [0.05, 0.1) is 0 Å². The molecule has 0 amide bonds. The van der Waals surface area contributed by atoms with E-state index < -0.39 is 0 Å². The van der Waals surface area contributed by atoms with Crippen LogP contribution in [0.15, 0.2) is 0 Å². The van der Waals surface area contributed by atoms with Crippen molar-refractivity contribution in [2.75, 3.05) is 26.8 Å². The van der Waals surface area contributed by atoms with Crippen LogP contribution in [0.3, 0.4) is 0 Å². The van der Waals surface area contributed by atoms with Crippen molar-refractivity contribution < 1.29 is 9.53 Å². The standard InChI is InChI=1S/C13H25NO2/c1-11(7-9-16-2)13(15)6-5-12-4-3-8-14-10-12/h11-12,14H,3-10H2,1-2H3. The van der Waals surface area contributed by atoms with E-state index in [-0.39, 0.29) is 5.92 Å². The Labute approximate surface area is 98.9 Å². The van der Waals surface area contributed by atoms with Gasteiger partial charge in [0.1, 0.15) is 5.78 Å². The van der Waals surface area contributed by atoms with Crippen molar-refractivity contribution in [1.82, 2.24) is 5.32 Å². The summed E-state index contributed by atoms with van der Waals surface area (Å²) in [5.41, 5.74) is 0. The van der Waals surface area contributed by atoms with Crippen molar-refractivity contribution in [3.05, 3.63) is 0 Å². The number of nitrogens with one attached hydrogen (secondary N) is 1. The highest BCUT2D eigenvalue weighted by Crippen LogP contribution is 2.18. The normalized spacial score (nSPS) is 23.0. The number of ether oxygens (including phenoxy) is 1. The number of hydrogen-bond acceptors (Lipinski definition) is 3. The molecule has 3 nitrogen and oxygen atoms in total. The highest BCUT2D eigenvalue weighted by Gasteiger charge is 2.17. The van der Waals surface area contributed by atoms with Crippen molar-refractivity contribution in [1.29, 1.82) is 0 Å². The molecule has 1 heterocycles. The van der Waals surface area contributed by atoms with Crippen LogP contribution in [0.1, 0.15) is 39.0 Å². The maximum absolute atomic E-state index is 11.8. The molecule has 1 saturated heterocycles. The minimum atomic E-state index is 0.163. The third-order valence-electron chi connectivity index (χ3n) is 3.50. The highest BCUT2D eigenvalue weighted by molar-refractivity contribution is 5.80. The lowest BCUT2D eigenvalue weighted by atomic mass is 9.90. The van der Waals surface area contributed by atoms with Crippen LogP contribution in [-0.2, 0) is 9.53 Å². The Morgan fingerprint density at radius 2 is 2.38 bits per heavy atom. The first-order chi connectivity index (χ1) is 7.74. The second kappa shape index (κ2) is 7.80. The Balaban J connectivity index is 2.12. The second-order valence-corrected chi connectivity index (χ2v) is 4.90. The molecule has 3 heteroatoms. The van der Waals surface area contributed by atoms with Crippen molar-refractivity contribution in [2.24, 2.45) is 11.8 Å². The Morgan fingerprint density at radius 3 is 3.00 bits per heavy atom. The van der Waals surface area contributed by atoms with E-state index in [2.05, 4.69) is 5.32 Å². The summed E-state index contributed by atoms with van der Waals surface area (Å²) in [5, 5.41) is 3.39. The van der Waals surface area contributed by atoms with Crippen LogP contribution in [-0.4, -0.2) is 32.6 Å². The summed E-state index contributed by atoms with van der Waals surface area (Å²) >= 11 is 0. The van der Waals surface area contributed by atoms with E-state index in [9.17, 15) is 4.79 Å². The van der Waals surface area contributed by atoms with Gasteiger partial charge in [-0.05, 0) is 44.7 Å². The summed E-state index contributed by atoms with van der Waals surface area (Å²) in [6.45, 7) is 4.95. The van der Waals surface area contributed by atoms with Crippen molar-refractivity contribution >= 4 is 5.78 Å². The summed E-state index contributed by atoms with van der Waals surface area (Å²) in [5.74, 6) is 1.28. The smallest absolute Gasteiger partial charge is 0.135 e. The zero-order valence-electron chi connectivity index (χ0n) is 10.6. The maximum atomic E-state index is 11.8. The van der Waals surface area contributed by atoms with Gasteiger partial charge in [0, 0.05) is 26.1 Å². The van der Waals surface area contributed by atoms with E-state index in [4.69, 9.17) is 4.74 Å². The Bertz CT molecular complexity index is 200. The van der Waals surface area contributed by atoms with Gasteiger partial charge in [0.2, 0.25) is 0 Å². The minimum Gasteiger partial charge on any atom is -0.385 e. The molecule has 1 rings (SSSR count). The molecule has 0 spiro atoms.